The van der Waals surface area contributed by atoms with Crippen LogP contribution in [0.25, 0.3) is 42.0 Å². The molecule has 0 aliphatic rings. The Labute approximate surface area is 125 Å². The number of thiophene rings is 1. The lowest BCUT2D eigenvalue weighted by molar-refractivity contribution is 1.12. The molecule has 5 aromatic rings. The third kappa shape index (κ3) is 1.36. The van der Waals surface area contributed by atoms with Crippen molar-refractivity contribution in [3.63, 3.8) is 0 Å². The summed E-state index contributed by atoms with van der Waals surface area (Å²) < 4.78 is 4.42. The summed E-state index contributed by atoms with van der Waals surface area (Å²) in [6, 6.07) is 21.4. The van der Waals surface area contributed by atoms with E-state index >= 15 is 0 Å². The number of nitrogens with two attached hydrogens (primary N) is 1. The lowest BCUT2D eigenvalue weighted by atomic mass is 10.1. The summed E-state index contributed by atoms with van der Waals surface area (Å²) in [6.45, 7) is 0. The quantitative estimate of drug-likeness (QED) is 0.405. The van der Waals surface area contributed by atoms with Crippen LogP contribution in [0.3, 0.4) is 0 Å². The SMILES string of the molecule is Nn1c2ccccc2c2cc3c(cc21)sc1ccccc13. The Balaban J connectivity index is 2.08. The predicted molar refractivity (Wildman–Crippen MR) is 92.5 cm³/mol. The van der Waals surface area contributed by atoms with Gasteiger partial charge in [0.2, 0.25) is 0 Å². The largest absolute Gasteiger partial charge is 0.339 e. The molecular weight excluding hydrogens is 276 g/mol. The van der Waals surface area contributed by atoms with E-state index < -0.39 is 0 Å². The molecule has 0 fully saturated rings. The second-order valence-corrected chi connectivity index (χ2v) is 6.43. The lowest BCUT2D eigenvalue weighted by Gasteiger charge is -1.98. The monoisotopic (exact) mass is 288 g/mol. The minimum Gasteiger partial charge on any atom is -0.339 e. The van der Waals surface area contributed by atoms with Gasteiger partial charge in [0.25, 0.3) is 0 Å². The number of fused-ring (bicyclic) bond motifs is 6. The normalized spacial score (nSPS) is 12.0. The van der Waals surface area contributed by atoms with E-state index in [0.29, 0.717) is 0 Å². The van der Waals surface area contributed by atoms with Crippen molar-refractivity contribution in [2.75, 3.05) is 5.84 Å². The molecule has 0 atom stereocenters. The van der Waals surface area contributed by atoms with Gasteiger partial charge in [-0.1, -0.05) is 36.4 Å². The van der Waals surface area contributed by atoms with Gasteiger partial charge >= 0.3 is 0 Å². The average Bonchev–Trinajstić information content (AvgIpc) is 3.02. The molecule has 5 rings (SSSR count). The molecule has 0 radical (unpaired) electrons. The van der Waals surface area contributed by atoms with Crippen LogP contribution in [-0.2, 0) is 0 Å². The molecule has 2 N–H and O–H groups in total. The van der Waals surface area contributed by atoms with E-state index in [0.717, 1.165) is 11.0 Å². The number of hydrogen-bond donors (Lipinski definition) is 1. The van der Waals surface area contributed by atoms with Crippen LogP contribution in [0.15, 0.2) is 60.7 Å². The summed E-state index contributed by atoms with van der Waals surface area (Å²) >= 11 is 1.83. The summed E-state index contributed by atoms with van der Waals surface area (Å²) in [6.07, 6.45) is 0. The van der Waals surface area contributed by atoms with E-state index in [4.69, 9.17) is 5.84 Å². The fourth-order valence-corrected chi connectivity index (χ4v) is 4.34. The first-order valence-corrected chi connectivity index (χ1v) is 7.74. The molecule has 3 heteroatoms. The Morgan fingerprint density at radius 1 is 0.667 bits per heavy atom. The first-order chi connectivity index (χ1) is 10.3. The van der Waals surface area contributed by atoms with Crippen LogP contribution in [0.5, 0.6) is 0 Å². The molecule has 2 aromatic heterocycles. The van der Waals surface area contributed by atoms with Gasteiger partial charge in [0.05, 0.1) is 11.0 Å². The number of aromatic nitrogens is 1. The summed E-state index contributed by atoms with van der Waals surface area (Å²) in [7, 11) is 0. The van der Waals surface area contributed by atoms with Gasteiger partial charge < -0.3 is 5.84 Å². The van der Waals surface area contributed by atoms with Gasteiger partial charge in [0, 0.05) is 30.9 Å². The molecule has 2 nitrogen and oxygen atoms in total. The number of para-hydroxylation sites is 1. The third-order valence-electron chi connectivity index (χ3n) is 4.21. The summed E-state index contributed by atoms with van der Waals surface area (Å²) in [5.41, 5.74) is 2.17. The second-order valence-electron chi connectivity index (χ2n) is 5.35. The number of benzene rings is 3. The zero-order chi connectivity index (χ0) is 14.0. The smallest absolute Gasteiger partial charge is 0.0718 e. The van der Waals surface area contributed by atoms with Crippen molar-refractivity contribution in [1.29, 1.82) is 0 Å². The van der Waals surface area contributed by atoms with E-state index in [-0.39, 0.29) is 0 Å². The van der Waals surface area contributed by atoms with Gasteiger partial charge in [0.1, 0.15) is 0 Å². The van der Waals surface area contributed by atoms with Gasteiger partial charge in [-0.15, -0.1) is 11.3 Å². The molecule has 0 aliphatic carbocycles. The third-order valence-corrected chi connectivity index (χ3v) is 5.34. The highest BCUT2D eigenvalue weighted by atomic mass is 32.1. The molecule has 0 bridgehead atoms. The molecule has 0 saturated heterocycles. The first-order valence-electron chi connectivity index (χ1n) is 6.92. The summed E-state index contributed by atoms with van der Waals surface area (Å²) in [5, 5.41) is 5.09. The standard InChI is InChI=1S/C18H12N2S/c19-20-15-7-3-1-5-11(15)13-9-14-12-6-2-4-8-17(12)21-18(14)10-16(13)20/h1-10H,19H2. The highest BCUT2D eigenvalue weighted by Crippen LogP contribution is 2.38. The van der Waals surface area contributed by atoms with E-state index in [9.17, 15) is 0 Å². The predicted octanol–water partition coefficient (Wildman–Crippen LogP) is 4.88. The van der Waals surface area contributed by atoms with Crippen molar-refractivity contribution in [3.8, 4) is 0 Å². The van der Waals surface area contributed by atoms with Crippen molar-refractivity contribution in [1.82, 2.24) is 4.68 Å². The maximum absolute atomic E-state index is 6.28. The topological polar surface area (TPSA) is 30.9 Å². The molecule has 0 spiro atoms. The Morgan fingerprint density at radius 3 is 2.33 bits per heavy atom. The molecule has 2 heterocycles. The van der Waals surface area contributed by atoms with Crippen LogP contribution in [0, 0.1) is 0 Å². The van der Waals surface area contributed by atoms with Crippen LogP contribution in [-0.4, -0.2) is 4.68 Å². The van der Waals surface area contributed by atoms with Crippen LogP contribution in [0.1, 0.15) is 0 Å². The van der Waals surface area contributed by atoms with E-state index in [1.165, 1.54) is 30.9 Å². The van der Waals surface area contributed by atoms with Crippen molar-refractivity contribution < 1.29 is 0 Å². The van der Waals surface area contributed by atoms with Gasteiger partial charge in [-0.3, -0.25) is 4.68 Å². The van der Waals surface area contributed by atoms with Gasteiger partial charge in [-0.2, -0.15) is 0 Å². The lowest BCUT2D eigenvalue weighted by Crippen LogP contribution is -2.06. The van der Waals surface area contributed by atoms with Gasteiger partial charge in [-0.25, -0.2) is 0 Å². The molecule has 0 amide bonds. The first kappa shape index (κ1) is 11.2. The minimum atomic E-state index is 1.08. The zero-order valence-electron chi connectivity index (χ0n) is 11.2. The molecule has 3 aromatic carbocycles. The van der Waals surface area contributed by atoms with Crippen LogP contribution in [0.2, 0.25) is 0 Å². The van der Waals surface area contributed by atoms with Crippen molar-refractivity contribution in [3.05, 3.63) is 60.7 Å². The average molecular weight is 288 g/mol. The van der Waals surface area contributed by atoms with Crippen molar-refractivity contribution in [2.24, 2.45) is 0 Å². The summed E-state index contributed by atoms with van der Waals surface area (Å²) in [5.74, 6) is 6.28. The molecular formula is C18H12N2S. The van der Waals surface area contributed by atoms with E-state index in [1.807, 2.05) is 17.4 Å². The fraction of sp³-hybridized carbons (Fsp3) is 0. The minimum absolute atomic E-state index is 1.08. The summed E-state index contributed by atoms with van der Waals surface area (Å²) in [4.78, 5) is 0. The molecule has 21 heavy (non-hydrogen) atoms. The zero-order valence-corrected chi connectivity index (χ0v) is 12.0. The maximum Gasteiger partial charge on any atom is 0.0718 e. The Bertz CT molecular complexity index is 1150. The number of nitrogens with zero attached hydrogens (tertiary/aromatic N) is 1. The van der Waals surface area contributed by atoms with Crippen molar-refractivity contribution in [2.45, 2.75) is 0 Å². The Morgan fingerprint density at radius 2 is 1.43 bits per heavy atom. The molecule has 100 valence electrons. The van der Waals surface area contributed by atoms with Crippen molar-refractivity contribution >= 4 is 53.3 Å². The van der Waals surface area contributed by atoms with E-state index in [2.05, 4.69) is 54.6 Å². The van der Waals surface area contributed by atoms with Crippen LogP contribution >= 0.6 is 11.3 Å². The maximum atomic E-state index is 6.28. The molecule has 0 saturated carbocycles. The van der Waals surface area contributed by atoms with Crippen LogP contribution in [0.4, 0.5) is 0 Å². The number of rotatable bonds is 0. The Hall–Kier alpha value is -2.52. The van der Waals surface area contributed by atoms with Gasteiger partial charge in [-0.05, 0) is 24.3 Å². The Kier molecular flexibility index (Phi) is 2.01. The van der Waals surface area contributed by atoms with Crippen LogP contribution < -0.4 is 5.84 Å². The molecule has 0 unspecified atom stereocenters. The highest BCUT2D eigenvalue weighted by Gasteiger charge is 2.12. The van der Waals surface area contributed by atoms with E-state index in [1.54, 1.807) is 4.68 Å². The number of hydrogen-bond acceptors (Lipinski definition) is 2. The number of nitrogen functional groups attached to an aromatic ring is 1. The second kappa shape index (κ2) is 3.77. The fourth-order valence-electron chi connectivity index (χ4n) is 3.22. The highest BCUT2D eigenvalue weighted by molar-refractivity contribution is 7.25. The van der Waals surface area contributed by atoms with Gasteiger partial charge in [0.15, 0.2) is 0 Å². The molecule has 0 aliphatic heterocycles.